The molecule has 2 aromatic rings. The molecule has 1 aliphatic heterocycles. The van der Waals surface area contributed by atoms with Gasteiger partial charge in [0.05, 0.1) is 0 Å². The lowest BCUT2D eigenvalue weighted by molar-refractivity contribution is 0.0706. The summed E-state index contributed by atoms with van der Waals surface area (Å²) in [6.07, 6.45) is 0. The highest BCUT2D eigenvalue weighted by Gasteiger charge is 2.25. The summed E-state index contributed by atoms with van der Waals surface area (Å²) in [5.41, 5.74) is 0.971. The summed E-state index contributed by atoms with van der Waals surface area (Å²) in [6.45, 7) is 9.31. The number of piperazine rings is 1. The lowest BCUT2D eigenvalue weighted by Crippen LogP contribution is -2.49. The zero-order valence-corrected chi connectivity index (χ0v) is 15.9. The SMILES string of the molecule is COCc1ccc(C(=O)N2CCN(c3cc(C)nc(C(C)C)n3)CC2)o1. The van der Waals surface area contributed by atoms with E-state index in [1.54, 1.807) is 19.2 Å². The summed E-state index contributed by atoms with van der Waals surface area (Å²) in [6, 6.07) is 5.50. The molecule has 0 bridgehead atoms. The fourth-order valence-corrected chi connectivity index (χ4v) is 3.00. The number of aromatic nitrogens is 2. The van der Waals surface area contributed by atoms with Crippen LogP contribution in [0.2, 0.25) is 0 Å². The molecule has 0 saturated carbocycles. The molecule has 1 amide bonds. The van der Waals surface area contributed by atoms with Gasteiger partial charge in [-0.2, -0.15) is 0 Å². The van der Waals surface area contributed by atoms with Gasteiger partial charge in [0.25, 0.3) is 5.91 Å². The van der Waals surface area contributed by atoms with Crippen LogP contribution in [0.5, 0.6) is 0 Å². The Bertz CT molecular complexity index is 764. The normalized spacial score (nSPS) is 15.0. The van der Waals surface area contributed by atoms with E-state index in [9.17, 15) is 4.79 Å². The molecule has 7 nitrogen and oxygen atoms in total. The van der Waals surface area contributed by atoms with E-state index >= 15 is 0 Å². The van der Waals surface area contributed by atoms with Gasteiger partial charge in [0.15, 0.2) is 5.76 Å². The highest BCUT2D eigenvalue weighted by atomic mass is 16.5. The molecule has 1 fully saturated rings. The third kappa shape index (κ3) is 4.04. The molecule has 0 aliphatic carbocycles. The minimum atomic E-state index is -0.0752. The zero-order chi connectivity index (χ0) is 18.7. The van der Waals surface area contributed by atoms with Crippen molar-refractivity contribution < 1.29 is 13.9 Å². The molecule has 0 spiro atoms. The molecule has 2 aromatic heterocycles. The van der Waals surface area contributed by atoms with Crippen LogP contribution in [0.15, 0.2) is 22.6 Å². The van der Waals surface area contributed by atoms with Crippen LogP contribution in [-0.4, -0.2) is 54.1 Å². The van der Waals surface area contributed by atoms with Crippen molar-refractivity contribution in [2.75, 3.05) is 38.2 Å². The van der Waals surface area contributed by atoms with Crippen molar-refractivity contribution >= 4 is 11.7 Å². The summed E-state index contributed by atoms with van der Waals surface area (Å²) >= 11 is 0. The molecular formula is C19H26N4O3. The van der Waals surface area contributed by atoms with E-state index in [1.807, 2.05) is 17.9 Å². The number of ether oxygens (including phenoxy) is 1. The fraction of sp³-hybridized carbons (Fsp3) is 0.526. The van der Waals surface area contributed by atoms with E-state index in [2.05, 4.69) is 28.7 Å². The molecule has 0 aromatic carbocycles. The molecular weight excluding hydrogens is 332 g/mol. The van der Waals surface area contributed by atoms with E-state index in [-0.39, 0.29) is 11.8 Å². The van der Waals surface area contributed by atoms with Crippen LogP contribution in [0, 0.1) is 6.92 Å². The smallest absolute Gasteiger partial charge is 0.289 e. The summed E-state index contributed by atoms with van der Waals surface area (Å²) in [5, 5.41) is 0. The van der Waals surface area contributed by atoms with Gasteiger partial charge in [0.2, 0.25) is 0 Å². The van der Waals surface area contributed by atoms with Gasteiger partial charge in [-0.15, -0.1) is 0 Å². The largest absolute Gasteiger partial charge is 0.453 e. The number of furan rings is 1. The number of aryl methyl sites for hydroxylation is 1. The van der Waals surface area contributed by atoms with E-state index < -0.39 is 0 Å². The number of hydrogen-bond acceptors (Lipinski definition) is 6. The fourth-order valence-electron chi connectivity index (χ4n) is 3.00. The van der Waals surface area contributed by atoms with Gasteiger partial charge in [0.1, 0.15) is 24.0 Å². The Morgan fingerprint density at radius 2 is 1.96 bits per heavy atom. The first kappa shape index (κ1) is 18.4. The van der Waals surface area contributed by atoms with Crippen molar-refractivity contribution in [3.05, 3.63) is 41.2 Å². The standard InChI is InChI=1S/C19H26N4O3/c1-13(2)18-20-14(3)11-17(21-18)22-7-9-23(10-8-22)19(24)16-6-5-15(26-16)12-25-4/h5-6,11,13H,7-10,12H2,1-4H3. The highest BCUT2D eigenvalue weighted by molar-refractivity contribution is 5.91. The Kier molecular flexibility index (Phi) is 5.56. The zero-order valence-electron chi connectivity index (χ0n) is 15.9. The van der Waals surface area contributed by atoms with Crippen molar-refractivity contribution in [1.29, 1.82) is 0 Å². The summed E-state index contributed by atoms with van der Waals surface area (Å²) < 4.78 is 10.6. The van der Waals surface area contributed by atoms with E-state index in [0.717, 1.165) is 30.4 Å². The van der Waals surface area contributed by atoms with Crippen molar-refractivity contribution in [1.82, 2.24) is 14.9 Å². The Balaban J connectivity index is 1.64. The van der Waals surface area contributed by atoms with Crippen LogP contribution < -0.4 is 4.90 Å². The molecule has 0 unspecified atom stereocenters. The Labute approximate surface area is 154 Å². The maximum atomic E-state index is 12.6. The van der Waals surface area contributed by atoms with Crippen LogP contribution in [0.25, 0.3) is 0 Å². The molecule has 1 aliphatic rings. The van der Waals surface area contributed by atoms with Crippen LogP contribution in [-0.2, 0) is 11.3 Å². The van der Waals surface area contributed by atoms with Crippen LogP contribution >= 0.6 is 0 Å². The first-order chi connectivity index (χ1) is 12.5. The van der Waals surface area contributed by atoms with Gasteiger partial charge in [-0.3, -0.25) is 4.79 Å². The van der Waals surface area contributed by atoms with Crippen molar-refractivity contribution in [2.24, 2.45) is 0 Å². The lowest BCUT2D eigenvalue weighted by Gasteiger charge is -2.35. The molecule has 3 heterocycles. The number of amides is 1. The molecule has 1 saturated heterocycles. The quantitative estimate of drug-likeness (QED) is 0.818. The second-order valence-electron chi connectivity index (χ2n) is 6.86. The predicted octanol–water partition coefficient (Wildman–Crippen LogP) is 2.61. The average Bonchev–Trinajstić information content (AvgIpc) is 3.09. The van der Waals surface area contributed by atoms with Crippen molar-refractivity contribution in [2.45, 2.75) is 33.3 Å². The monoisotopic (exact) mass is 358 g/mol. The number of nitrogens with zero attached hydrogens (tertiary/aromatic N) is 4. The topological polar surface area (TPSA) is 71.7 Å². The first-order valence-electron chi connectivity index (χ1n) is 8.95. The molecule has 0 radical (unpaired) electrons. The van der Waals surface area contributed by atoms with Crippen LogP contribution in [0.4, 0.5) is 5.82 Å². The third-order valence-corrected chi connectivity index (χ3v) is 4.42. The van der Waals surface area contributed by atoms with E-state index in [4.69, 9.17) is 9.15 Å². The second-order valence-corrected chi connectivity index (χ2v) is 6.86. The van der Waals surface area contributed by atoms with Crippen molar-refractivity contribution in [3.8, 4) is 0 Å². The second kappa shape index (κ2) is 7.86. The molecule has 3 rings (SSSR count). The number of carbonyl (C=O) groups excluding carboxylic acids is 1. The molecule has 0 atom stereocenters. The van der Waals surface area contributed by atoms with Crippen molar-refractivity contribution in [3.63, 3.8) is 0 Å². The maximum absolute atomic E-state index is 12.6. The summed E-state index contributed by atoms with van der Waals surface area (Å²) in [4.78, 5) is 25.8. The minimum absolute atomic E-state index is 0.0752. The van der Waals surface area contributed by atoms with E-state index in [0.29, 0.717) is 31.2 Å². The summed E-state index contributed by atoms with van der Waals surface area (Å²) in [7, 11) is 1.60. The minimum Gasteiger partial charge on any atom is -0.453 e. The molecule has 7 heteroatoms. The van der Waals surface area contributed by atoms with Crippen LogP contribution in [0.3, 0.4) is 0 Å². The lowest BCUT2D eigenvalue weighted by atomic mass is 10.2. The predicted molar refractivity (Wildman–Crippen MR) is 98.4 cm³/mol. The average molecular weight is 358 g/mol. The van der Waals surface area contributed by atoms with Gasteiger partial charge in [0, 0.05) is 51.0 Å². The van der Waals surface area contributed by atoms with Crippen LogP contribution in [0.1, 0.15) is 47.6 Å². The van der Waals surface area contributed by atoms with Gasteiger partial charge >= 0.3 is 0 Å². The summed E-state index contributed by atoms with van der Waals surface area (Å²) in [5.74, 6) is 3.04. The Morgan fingerprint density at radius 1 is 1.23 bits per heavy atom. The number of anilines is 1. The number of rotatable bonds is 5. The molecule has 0 N–H and O–H groups in total. The number of carbonyl (C=O) groups is 1. The van der Waals surface area contributed by atoms with Gasteiger partial charge in [-0.05, 0) is 19.1 Å². The number of methoxy groups -OCH3 is 1. The highest BCUT2D eigenvalue weighted by Crippen LogP contribution is 2.20. The Hall–Kier alpha value is -2.41. The third-order valence-electron chi connectivity index (χ3n) is 4.42. The molecule has 26 heavy (non-hydrogen) atoms. The van der Waals surface area contributed by atoms with Gasteiger partial charge < -0.3 is 19.0 Å². The number of hydrogen-bond donors (Lipinski definition) is 0. The maximum Gasteiger partial charge on any atom is 0.289 e. The van der Waals surface area contributed by atoms with Gasteiger partial charge in [-0.1, -0.05) is 13.8 Å². The molecule has 140 valence electrons. The van der Waals surface area contributed by atoms with E-state index in [1.165, 1.54) is 0 Å². The van der Waals surface area contributed by atoms with Gasteiger partial charge in [-0.25, -0.2) is 9.97 Å². The first-order valence-corrected chi connectivity index (χ1v) is 8.95. The Morgan fingerprint density at radius 3 is 2.62 bits per heavy atom.